The summed E-state index contributed by atoms with van der Waals surface area (Å²) >= 11 is 0. The molecule has 0 spiro atoms. The number of benzene rings is 2. The van der Waals surface area contributed by atoms with Crippen LogP contribution in [0.15, 0.2) is 52.9 Å². The SMILES string of the molecule is COc1ccc2oc(Cc3ccccc3)c(CCNC(C)=O)c2c1. The molecule has 2 aromatic carbocycles. The van der Waals surface area contributed by atoms with E-state index in [0.29, 0.717) is 6.54 Å². The van der Waals surface area contributed by atoms with Crippen molar-refractivity contribution in [1.29, 1.82) is 0 Å². The smallest absolute Gasteiger partial charge is 0.216 e. The van der Waals surface area contributed by atoms with E-state index in [0.717, 1.165) is 40.9 Å². The second kappa shape index (κ2) is 7.21. The Hall–Kier alpha value is -2.75. The summed E-state index contributed by atoms with van der Waals surface area (Å²) in [4.78, 5) is 11.2. The van der Waals surface area contributed by atoms with Gasteiger partial charge in [0, 0.05) is 30.8 Å². The van der Waals surface area contributed by atoms with Crippen LogP contribution < -0.4 is 10.1 Å². The van der Waals surface area contributed by atoms with Gasteiger partial charge >= 0.3 is 0 Å². The molecule has 0 saturated carbocycles. The van der Waals surface area contributed by atoms with E-state index in [1.165, 1.54) is 12.5 Å². The topological polar surface area (TPSA) is 51.5 Å². The van der Waals surface area contributed by atoms with Crippen molar-refractivity contribution < 1.29 is 13.9 Å². The average molecular weight is 323 g/mol. The third-order valence-electron chi connectivity index (χ3n) is 4.04. The fourth-order valence-corrected chi connectivity index (χ4v) is 2.87. The molecular weight excluding hydrogens is 302 g/mol. The molecule has 1 heterocycles. The monoisotopic (exact) mass is 323 g/mol. The van der Waals surface area contributed by atoms with Crippen molar-refractivity contribution >= 4 is 16.9 Å². The molecule has 0 atom stereocenters. The Bertz CT molecular complexity index is 837. The summed E-state index contributed by atoms with van der Waals surface area (Å²) < 4.78 is 11.4. The molecule has 3 rings (SSSR count). The Morgan fingerprint density at radius 3 is 2.67 bits per heavy atom. The molecule has 0 radical (unpaired) electrons. The van der Waals surface area contributed by atoms with Crippen LogP contribution in [0.25, 0.3) is 11.0 Å². The number of methoxy groups -OCH3 is 1. The largest absolute Gasteiger partial charge is 0.497 e. The van der Waals surface area contributed by atoms with Crippen LogP contribution in [0.2, 0.25) is 0 Å². The lowest BCUT2D eigenvalue weighted by molar-refractivity contribution is -0.118. The van der Waals surface area contributed by atoms with Crippen molar-refractivity contribution in [2.75, 3.05) is 13.7 Å². The minimum absolute atomic E-state index is 0.0232. The highest BCUT2D eigenvalue weighted by molar-refractivity contribution is 5.84. The lowest BCUT2D eigenvalue weighted by Crippen LogP contribution is -2.22. The van der Waals surface area contributed by atoms with Crippen molar-refractivity contribution in [3.8, 4) is 5.75 Å². The van der Waals surface area contributed by atoms with Gasteiger partial charge in [0.2, 0.25) is 5.91 Å². The molecule has 0 unspecified atom stereocenters. The second-order valence-electron chi connectivity index (χ2n) is 5.76. The van der Waals surface area contributed by atoms with Gasteiger partial charge in [-0.25, -0.2) is 0 Å². The molecule has 0 bridgehead atoms. The molecule has 1 aromatic heterocycles. The maximum absolute atomic E-state index is 11.2. The molecule has 4 nitrogen and oxygen atoms in total. The normalized spacial score (nSPS) is 10.8. The standard InChI is InChI=1S/C20H21NO3/c1-14(22)21-11-10-17-18-13-16(23-2)8-9-19(18)24-20(17)12-15-6-4-3-5-7-15/h3-9,13H,10-12H2,1-2H3,(H,21,22). The van der Waals surface area contributed by atoms with Crippen LogP contribution in [0.5, 0.6) is 5.75 Å². The van der Waals surface area contributed by atoms with Gasteiger partial charge in [-0.2, -0.15) is 0 Å². The van der Waals surface area contributed by atoms with Gasteiger partial charge in [0.05, 0.1) is 7.11 Å². The number of fused-ring (bicyclic) bond motifs is 1. The molecule has 0 fully saturated rings. The Morgan fingerprint density at radius 1 is 1.17 bits per heavy atom. The molecule has 1 amide bonds. The second-order valence-corrected chi connectivity index (χ2v) is 5.76. The van der Waals surface area contributed by atoms with E-state index < -0.39 is 0 Å². The van der Waals surface area contributed by atoms with Crippen LogP contribution in [0.1, 0.15) is 23.8 Å². The van der Waals surface area contributed by atoms with Crippen LogP contribution >= 0.6 is 0 Å². The highest BCUT2D eigenvalue weighted by atomic mass is 16.5. The Kier molecular flexibility index (Phi) is 4.85. The summed E-state index contributed by atoms with van der Waals surface area (Å²) in [7, 11) is 1.66. The maximum atomic E-state index is 11.2. The van der Waals surface area contributed by atoms with E-state index >= 15 is 0 Å². The zero-order valence-electron chi connectivity index (χ0n) is 14.0. The first-order chi connectivity index (χ1) is 11.7. The minimum atomic E-state index is -0.0232. The predicted molar refractivity (Wildman–Crippen MR) is 94.4 cm³/mol. The first kappa shape index (κ1) is 16.1. The van der Waals surface area contributed by atoms with Gasteiger partial charge in [-0.1, -0.05) is 30.3 Å². The van der Waals surface area contributed by atoms with Gasteiger partial charge in [0.1, 0.15) is 17.1 Å². The number of rotatable bonds is 6. The predicted octanol–water partition coefficient (Wildman–Crippen LogP) is 3.71. The first-order valence-corrected chi connectivity index (χ1v) is 8.04. The quantitative estimate of drug-likeness (QED) is 0.752. The van der Waals surface area contributed by atoms with Crippen molar-refractivity contribution in [3.63, 3.8) is 0 Å². The molecule has 0 aliphatic heterocycles. The summed E-state index contributed by atoms with van der Waals surface area (Å²) in [5.74, 6) is 1.72. The fourth-order valence-electron chi connectivity index (χ4n) is 2.87. The number of nitrogens with one attached hydrogen (secondary N) is 1. The number of hydrogen-bond donors (Lipinski definition) is 1. The first-order valence-electron chi connectivity index (χ1n) is 8.04. The number of ether oxygens (including phenoxy) is 1. The van der Waals surface area contributed by atoms with Crippen molar-refractivity contribution in [3.05, 3.63) is 65.4 Å². The molecule has 0 saturated heterocycles. The lowest BCUT2D eigenvalue weighted by Gasteiger charge is -2.05. The summed E-state index contributed by atoms with van der Waals surface area (Å²) in [6, 6.07) is 16.1. The van der Waals surface area contributed by atoms with E-state index in [9.17, 15) is 4.79 Å². The highest BCUT2D eigenvalue weighted by Crippen LogP contribution is 2.31. The Balaban J connectivity index is 1.97. The molecule has 3 aromatic rings. The number of carbonyl (C=O) groups is 1. The van der Waals surface area contributed by atoms with Crippen molar-refractivity contribution in [2.24, 2.45) is 0 Å². The van der Waals surface area contributed by atoms with E-state index in [1.807, 2.05) is 36.4 Å². The Morgan fingerprint density at radius 2 is 1.96 bits per heavy atom. The minimum Gasteiger partial charge on any atom is -0.497 e. The van der Waals surface area contributed by atoms with Gasteiger partial charge in [0.25, 0.3) is 0 Å². The van der Waals surface area contributed by atoms with Crippen LogP contribution in [0.3, 0.4) is 0 Å². The van der Waals surface area contributed by atoms with E-state index in [2.05, 4.69) is 17.4 Å². The van der Waals surface area contributed by atoms with E-state index in [-0.39, 0.29) is 5.91 Å². The van der Waals surface area contributed by atoms with Crippen molar-refractivity contribution in [2.45, 2.75) is 19.8 Å². The fraction of sp³-hybridized carbons (Fsp3) is 0.250. The number of carbonyl (C=O) groups excluding carboxylic acids is 1. The van der Waals surface area contributed by atoms with E-state index in [1.54, 1.807) is 7.11 Å². The van der Waals surface area contributed by atoms with Crippen LogP contribution in [0, 0.1) is 0 Å². The van der Waals surface area contributed by atoms with Crippen LogP contribution in [-0.2, 0) is 17.6 Å². The Labute approximate surface area is 141 Å². The van der Waals surface area contributed by atoms with Gasteiger partial charge in [0.15, 0.2) is 0 Å². The summed E-state index contributed by atoms with van der Waals surface area (Å²) in [6.07, 6.45) is 1.45. The summed E-state index contributed by atoms with van der Waals surface area (Å²) in [5.41, 5.74) is 3.17. The highest BCUT2D eigenvalue weighted by Gasteiger charge is 2.15. The molecule has 1 N–H and O–H groups in total. The molecular formula is C20H21NO3. The zero-order valence-corrected chi connectivity index (χ0v) is 14.0. The number of furan rings is 1. The van der Waals surface area contributed by atoms with Gasteiger partial charge < -0.3 is 14.5 Å². The summed E-state index contributed by atoms with van der Waals surface area (Å²) in [6.45, 7) is 2.12. The summed E-state index contributed by atoms with van der Waals surface area (Å²) in [5, 5.41) is 3.90. The third-order valence-corrected chi connectivity index (χ3v) is 4.04. The molecule has 0 aliphatic rings. The van der Waals surface area contributed by atoms with Gasteiger partial charge in [-0.3, -0.25) is 4.79 Å². The zero-order chi connectivity index (χ0) is 16.9. The molecule has 124 valence electrons. The van der Waals surface area contributed by atoms with Crippen molar-refractivity contribution in [1.82, 2.24) is 5.32 Å². The van der Waals surface area contributed by atoms with Crippen LogP contribution in [-0.4, -0.2) is 19.6 Å². The third kappa shape index (κ3) is 3.59. The van der Waals surface area contributed by atoms with Gasteiger partial charge in [-0.05, 0) is 30.2 Å². The molecule has 4 heteroatoms. The lowest BCUT2D eigenvalue weighted by atomic mass is 10.0. The molecule has 0 aliphatic carbocycles. The number of amides is 1. The average Bonchev–Trinajstić information content (AvgIpc) is 2.92. The van der Waals surface area contributed by atoms with Gasteiger partial charge in [-0.15, -0.1) is 0 Å². The molecule has 24 heavy (non-hydrogen) atoms. The number of hydrogen-bond acceptors (Lipinski definition) is 3. The van der Waals surface area contributed by atoms with Crippen LogP contribution in [0.4, 0.5) is 0 Å². The van der Waals surface area contributed by atoms with E-state index in [4.69, 9.17) is 9.15 Å². The maximum Gasteiger partial charge on any atom is 0.216 e.